The maximum atomic E-state index is 12.0. The molecule has 1 saturated heterocycles. The number of nitrogens with one attached hydrogen (secondary N) is 1. The molecule has 4 unspecified atom stereocenters. The number of carbonyl (C=O) groups is 2. The van der Waals surface area contributed by atoms with Crippen LogP contribution in [0.3, 0.4) is 0 Å². The zero-order chi connectivity index (χ0) is 17.1. The minimum atomic E-state index is -0.832. The predicted octanol–water partition coefficient (Wildman–Crippen LogP) is -0.497. The number of amides is 2. The average molecular weight is 329 g/mol. The summed E-state index contributed by atoms with van der Waals surface area (Å²) in [6.07, 6.45) is 2.82. The first-order valence-corrected chi connectivity index (χ1v) is 8.08. The van der Waals surface area contributed by atoms with Gasteiger partial charge in [0.1, 0.15) is 6.10 Å². The Hall–Kier alpha value is -2.12. The molecule has 24 heavy (non-hydrogen) atoms. The molecule has 126 valence electrons. The predicted molar refractivity (Wildman–Crippen MR) is 84.0 cm³/mol. The molecule has 0 aromatic heterocycles. The van der Waals surface area contributed by atoms with Crippen molar-refractivity contribution in [2.45, 2.75) is 44.0 Å². The Morgan fingerprint density at radius 3 is 2.75 bits per heavy atom. The summed E-state index contributed by atoms with van der Waals surface area (Å²) in [5.41, 5.74) is 0.172. The highest BCUT2D eigenvalue weighted by molar-refractivity contribution is 6.11. The largest absolute Gasteiger partial charge is 0.394 e. The molecule has 2 fully saturated rings. The molecule has 0 radical (unpaired) electrons. The number of hydrogen-bond acceptors (Lipinski definition) is 5. The lowest BCUT2D eigenvalue weighted by Crippen LogP contribution is -2.44. The van der Waals surface area contributed by atoms with Gasteiger partial charge in [-0.1, -0.05) is 5.92 Å². The third-order valence-corrected chi connectivity index (χ3v) is 4.40. The summed E-state index contributed by atoms with van der Waals surface area (Å²) in [6.45, 7) is -0.322. The molecule has 6 heteroatoms. The Kier molecular flexibility index (Phi) is 5.01. The van der Waals surface area contributed by atoms with Gasteiger partial charge >= 0.3 is 0 Å². The van der Waals surface area contributed by atoms with Gasteiger partial charge < -0.3 is 14.9 Å². The van der Waals surface area contributed by atoms with Crippen LogP contribution in [0.15, 0.2) is 11.6 Å². The third kappa shape index (κ3) is 3.85. The molecule has 4 atom stereocenters. The van der Waals surface area contributed by atoms with Crippen LogP contribution in [0.1, 0.15) is 25.7 Å². The van der Waals surface area contributed by atoms with E-state index in [0.29, 0.717) is 5.92 Å². The number of aliphatic hydroxyl groups excluding tert-OH is 2. The molecule has 0 spiro atoms. The molecule has 6 nitrogen and oxygen atoms in total. The number of rotatable bonds is 3. The summed E-state index contributed by atoms with van der Waals surface area (Å²) in [5.74, 6) is 9.94. The van der Waals surface area contributed by atoms with Crippen LogP contribution >= 0.6 is 0 Å². The van der Waals surface area contributed by atoms with E-state index >= 15 is 0 Å². The van der Waals surface area contributed by atoms with Crippen LogP contribution in [-0.4, -0.2) is 46.9 Å². The van der Waals surface area contributed by atoms with Crippen molar-refractivity contribution in [2.24, 2.45) is 11.8 Å². The van der Waals surface area contributed by atoms with E-state index in [1.807, 2.05) is 0 Å². The molecule has 2 amide bonds. The van der Waals surface area contributed by atoms with Crippen LogP contribution < -0.4 is 5.32 Å². The summed E-state index contributed by atoms with van der Waals surface area (Å²) < 4.78 is 5.50. The van der Waals surface area contributed by atoms with Crippen LogP contribution in [0.2, 0.25) is 0 Å². The zero-order valence-electron chi connectivity index (χ0n) is 13.1. The van der Waals surface area contributed by atoms with E-state index in [4.69, 9.17) is 9.84 Å². The second-order valence-corrected chi connectivity index (χ2v) is 6.32. The van der Waals surface area contributed by atoms with E-state index in [1.165, 1.54) is 18.9 Å². The number of aliphatic hydroxyl groups is 2. The van der Waals surface area contributed by atoms with Crippen molar-refractivity contribution >= 4 is 11.8 Å². The van der Waals surface area contributed by atoms with Crippen molar-refractivity contribution in [1.82, 2.24) is 5.32 Å². The van der Waals surface area contributed by atoms with E-state index in [9.17, 15) is 14.7 Å². The van der Waals surface area contributed by atoms with Gasteiger partial charge in [-0.05, 0) is 42.6 Å². The number of imide groups is 1. The molecule has 3 aliphatic rings. The topological polar surface area (TPSA) is 95.9 Å². The van der Waals surface area contributed by atoms with Gasteiger partial charge in [0.2, 0.25) is 5.91 Å². The third-order valence-electron chi connectivity index (χ3n) is 4.40. The summed E-state index contributed by atoms with van der Waals surface area (Å²) in [6, 6.07) is 0. The van der Waals surface area contributed by atoms with Crippen LogP contribution in [0, 0.1) is 35.5 Å². The van der Waals surface area contributed by atoms with E-state index < -0.39 is 36.0 Å². The Labute approximate surface area is 140 Å². The molecule has 1 aliphatic carbocycles. The van der Waals surface area contributed by atoms with Crippen LogP contribution in [-0.2, 0) is 14.3 Å². The quantitative estimate of drug-likeness (QED) is 0.479. The first-order valence-electron chi connectivity index (χ1n) is 8.08. The van der Waals surface area contributed by atoms with Crippen molar-refractivity contribution in [1.29, 1.82) is 0 Å². The van der Waals surface area contributed by atoms with Gasteiger partial charge in [0.25, 0.3) is 5.91 Å². The van der Waals surface area contributed by atoms with Gasteiger partial charge in [-0.3, -0.25) is 14.9 Å². The highest BCUT2D eigenvalue weighted by Gasteiger charge is 2.42. The van der Waals surface area contributed by atoms with Gasteiger partial charge in [0.05, 0.1) is 30.3 Å². The van der Waals surface area contributed by atoms with E-state index in [-0.39, 0.29) is 18.6 Å². The summed E-state index contributed by atoms with van der Waals surface area (Å²) in [5, 5.41) is 21.2. The standard InChI is InChI=1S/C18H19NO5/c20-10-16-14(21)9-15(24-16)13-8-12(17(22)19-18(13)23)5-3-1-2-4-11-6-7-11/h8,11,13-16,20-21H,4,6-7,9-10H2,(H,19,22,23). The fourth-order valence-electron chi connectivity index (χ4n) is 2.78. The van der Waals surface area contributed by atoms with Crippen molar-refractivity contribution in [3.05, 3.63) is 11.6 Å². The van der Waals surface area contributed by atoms with Crippen molar-refractivity contribution in [2.75, 3.05) is 6.61 Å². The zero-order valence-corrected chi connectivity index (χ0v) is 13.1. The second-order valence-electron chi connectivity index (χ2n) is 6.32. The van der Waals surface area contributed by atoms with Crippen LogP contribution in [0.25, 0.3) is 0 Å². The van der Waals surface area contributed by atoms with Gasteiger partial charge in [-0.15, -0.1) is 0 Å². The van der Waals surface area contributed by atoms with Gasteiger partial charge in [0.15, 0.2) is 0 Å². The maximum absolute atomic E-state index is 12.0. The lowest BCUT2D eigenvalue weighted by Gasteiger charge is -2.23. The number of carbonyl (C=O) groups excluding carboxylic acids is 2. The van der Waals surface area contributed by atoms with Crippen molar-refractivity contribution < 1.29 is 24.5 Å². The Morgan fingerprint density at radius 2 is 2.08 bits per heavy atom. The molecule has 0 bridgehead atoms. The molecule has 0 aromatic rings. The Morgan fingerprint density at radius 1 is 1.29 bits per heavy atom. The van der Waals surface area contributed by atoms with E-state index in [2.05, 4.69) is 29.0 Å². The van der Waals surface area contributed by atoms with Crippen LogP contribution in [0.5, 0.6) is 0 Å². The Balaban J connectivity index is 1.70. The monoisotopic (exact) mass is 329 g/mol. The summed E-state index contributed by atoms with van der Waals surface area (Å²) in [4.78, 5) is 23.9. The van der Waals surface area contributed by atoms with Crippen molar-refractivity contribution in [3.8, 4) is 23.7 Å². The van der Waals surface area contributed by atoms with E-state index in [1.54, 1.807) is 0 Å². The SMILES string of the molecule is O=C1NC(=O)C(C2CC(O)C(CO)O2)C=C1C#CC#CCC1CC1. The molecular weight excluding hydrogens is 310 g/mol. The van der Waals surface area contributed by atoms with E-state index in [0.717, 1.165) is 6.42 Å². The fraction of sp³-hybridized carbons (Fsp3) is 0.556. The molecular formula is C18H19NO5. The summed E-state index contributed by atoms with van der Waals surface area (Å²) >= 11 is 0. The number of hydrogen-bond donors (Lipinski definition) is 3. The Bertz CT molecular complexity index is 686. The smallest absolute Gasteiger partial charge is 0.266 e. The lowest BCUT2D eigenvalue weighted by molar-refractivity contribution is -0.134. The molecule has 3 rings (SSSR count). The normalized spacial score (nSPS) is 32.2. The minimum Gasteiger partial charge on any atom is -0.394 e. The first-order chi connectivity index (χ1) is 11.6. The lowest BCUT2D eigenvalue weighted by atomic mass is 9.92. The van der Waals surface area contributed by atoms with Gasteiger partial charge in [0, 0.05) is 12.8 Å². The van der Waals surface area contributed by atoms with Crippen molar-refractivity contribution in [3.63, 3.8) is 0 Å². The highest BCUT2D eigenvalue weighted by Crippen LogP contribution is 2.31. The molecule has 0 aromatic carbocycles. The van der Waals surface area contributed by atoms with Gasteiger partial charge in [-0.2, -0.15) is 0 Å². The maximum Gasteiger partial charge on any atom is 0.266 e. The number of ether oxygens (including phenoxy) is 1. The average Bonchev–Trinajstić information content (AvgIpc) is 3.30. The second kappa shape index (κ2) is 7.19. The fourth-order valence-corrected chi connectivity index (χ4v) is 2.78. The molecule has 2 aliphatic heterocycles. The highest BCUT2D eigenvalue weighted by atomic mass is 16.5. The molecule has 1 saturated carbocycles. The minimum absolute atomic E-state index is 0.172. The molecule has 3 N–H and O–H groups in total. The summed E-state index contributed by atoms with van der Waals surface area (Å²) in [7, 11) is 0. The van der Waals surface area contributed by atoms with Gasteiger partial charge in [-0.25, -0.2) is 0 Å². The van der Waals surface area contributed by atoms with Crippen LogP contribution in [0.4, 0.5) is 0 Å². The molecule has 2 heterocycles. The first kappa shape index (κ1) is 16.7.